The van der Waals surface area contributed by atoms with Crippen LogP contribution >= 0.6 is 63.9 Å². The summed E-state index contributed by atoms with van der Waals surface area (Å²) in [5.41, 5.74) is 1.93. The van der Waals surface area contributed by atoms with E-state index in [9.17, 15) is 0 Å². The van der Waals surface area contributed by atoms with Crippen LogP contribution in [0.25, 0.3) is 20.4 Å². The van der Waals surface area contributed by atoms with Crippen molar-refractivity contribution in [3.8, 4) is 0 Å². The quantitative estimate of drug-likeness (QED) is 0.0611. The number of thiazole rings is 2. The van der Waals surface area contributed by atoms with Gasteiger partial charge in [0.05, 0.1) is 30.5 Å². The molecule has 4 aromatic rings. The van der Waals surface area contributed by atoms with Gasteiger partial charge in [-0.05, 0) is 57.8 Å². The Morgan fingerprint density at radius 1 is 0.595 bits per heavy atom. The van der Waals surface area contributed by atoms with Crippen LogP contribution in [-0.2, 0) is 36.6 Å². The van der Waals surface area contributed by atoms with Gasteiger partial charge in [0.25, 0.3) is 0 Å². The summed E-state index contributed by atoms with van der Waals surface area (Å²) in [5.74, 6) is 1.38. The fourth-order valence-corrected chi connectivity index (χ4v) is 21.6. The van der Waals surface area contributed by atoms with Gasteiger partial charge in [-0.3, -0.25) is 0 Å². The van der Waals surface area contributed by atoms with Crippen molar-refractivity contribution in [1.82, 2.24) is 9.97 Å². The highest BCUT2D eigenvalue weighted by Gasteiger charge is 2.61. The fourth-order valence-electron chi connectivity index (χ4n) is 4.95. The first-order chi connectivity index (χ1) is 20.2. The Balaban J connectivity index is 1.50. The van der Waals surface area contributed by atoms with Crippen molar-refractivity contribution in [2.45, 2.75) is 23.9 Å². The lowest BCUT2D eigenvalue weighted by atomic mass is 10.2. The number of benzene rings is 2. The Bertz CT molecular complexity index is 1260. The van der Waals surface area contributed by atoms with E-state index in [1.807, 2.05) is 36.4 Å². The van der Waals surface area contributed by atoms with Gasteiger partial charge in [-0.2, -0.15) is 0 Å². The first-order valence-electron chi connectivity index (χ1n) is 12.8. The van der Waals surface area contributed by atoms with Crippen molar-refractivity contribution in [3.05, 3.63) is 58.5 Å². The van der Waals surface area contributed by atoms with E-state index < -0.39 is 27.7 Å². The van der Waals surface area contributed by atoms with Crippen molar-refractivity contribution in [2.24, 2.45) is 0 Å². The Morgan fingerprint density at radius 2 is 0.929 bits per heavy atom. The molecule has 0 saturated carbocycles. The van der Waals surface area contributed by atoms with Crippen LogP contribution in [0.4, 0.5) is 0 Å². The average molecular weight is 721 g/mol. The van der Waals surface area contributed by atoms with E-state index in [4.69, 9.17) is 36.5 Å². The Labute approximate surface area is 273 Å². The van der Waals surface area contributed by atoms with Gasteiger partial charge in [-0.1, -0.05) is 45.9 Å². The second kappa shape index (κ2) is 14.9. The van der Waals surface area contributed by atoms with E-state index in [-0.39, 0.29) is 0 Å². The molecule has 230 valence electrons. The molecule has 8 nitrogen and oxygen atoms in total. The normalized spacial score (nSPS) is 15.7. The number of nitrogens with zero attached hydrogens (tertiary/aromatic N) is 2. The molecule has 0 aliphatic rings. The highest BCUT2D eigenvalue weighted by atomic mass is 33.7. The largest absolute Gasteiger partial charge is 0.514 e. The van der Waals surface area contributed by atoms with E-state index in [0.717, 1.165) is 30.4 Å². The van der Waals surface area contributed by atoms with E-state index in [0.29, 0.717) is 11.5 Å². The lowest BCUT2D eigenvalue weighted by molar-refractivity contribution is 0.0976. The molecule has 2 heterocycles. The number of aromatic nitrogens is 2. The smallest absolute Gasteiger partial charge is 0.376 e. The standard InChI is InChI=1S/C26H36N2O6S6Si2/c1-25(41(29-3,30-4)31-5,23-27-19-13-9-11-15-21(19)37-23)17-35-39-40-36-18-26(2,42(32-6,33-7)34-8)24-28-20-14-10-12-16-22(20)38-24/h9-16H,17-18H2,1-8H3. The van der Waals surface area contributed by atoms with E-state index in [1.54, 1.807) is 107 Å². The van der Waals surface area contributed by atoms with Crippen molar-refractivity contribution >= 4 is 102 Å². The van der Waals surface area contributed by atoms with Gasteiger partial charge in [0, 0.05) is 54.2 Å². The summed E-state index contributed by atoms with van der Waals surface area (Å²) in [4.78, 5) is 9.97. The molecule has 0 aliphatic heterocycles. The van der Waals surface area contributed by atoms with Gasteiger partial charge in [0.1, 0.15) is 10.0 Å². The summed E-state index contributed by atoms with van der Waals surface area (Å²) in [6, 6.07) is 16.3. The van der Waals surface area contributed by atoms with Crippen molar-refractivity contribution in [3.63, 3.8) is 0 Å². The van der Waals surface area contributed by atoms with E-state index in [1.165, 1.54) is 0 Å². The minimum absolute atomic E-state index is 0.558. The molecule has 2 aromatic carbocycles. The highest BCUT2D eigenvalue weighted by molar-refractivity contribution is 9.26. The fraction of sp³-hybridized carbons (Fsp3) is 0.462. The molecule has 4 rings (SSSR count). The molecule has 0 amide bonds. The third kappa shape index (κ3) is 6.40. The summed E-state index contributed by atoms with van der Waals surface area (Å²) in [7, 11) is 10.6. The zero-order chi connectivity index (χ0) is 30.4. The first kappa shape index (κ1) is 34.7. The summed E-state index contributed by atoms with van der Waals surface area (Å²) in [6.07, 6.45) is 0. The summed E-state index contributed by atoms with van der Waals surface area (Å²) < 4.78 is 38.3. The number of rotatable bonds is 17. The second-order valence-electron chi connectivity index (χ2n) is 9.64. The Hall–Kier alpha value is -0.186. The molecular weight excluding hydrogens is 685 g/mol. The predicted octanol–water partition coefficient (Wildman–Crippen LogP) is 7.63. The average Bonchev–Trinajstić information content (AvgIpc) is 3.66. The van der Waals surface area contributed by atoms with Gasteiger partial charge >= 0.3 is 17.6 Å². The minimum Gasteiger partial charge on any atom is -0.376 e. The molecule has 0 bridgehead atoms. The van der Waals surface area contributed by atoms with Gasteiger partial charge in [-0.25, -0.2) is 9.97 Å². The van der Waals surface area contributed by atoms with Crippen LogP contribution in [0.1, 0.15) is 23.9 Å². The van der Waals surface area contributed by atoms with Gasteiger partial charge in [-0.15, -0.1) is 22.7 Å². The first-order valence-corrected chi connectivity index (χ1v) is 23.1. The maximum Gasteiger partial charge on any atom is 0.514 e. The molecule has 2 aromatic heterocycles. The predicted molar refractivity (Wildman–Crippen MR) is 188 cm³/mol. The number of fused-ring (bicyclic) bond motifs is 2. The third-order valence-electron chi connectivity index (χ3n) is 7.31. The Kier molecular flexibility index (Phi) is 12.3. The van der Waals surface area contributed by atoms with Gasteiger partial charge in [0.15, 0.2) is 0 Å². The number of hydrogen-bond acceptors (Lipinski definition) is 14. The molecule has 0 aliphatic carbocycles. The van der Waals surface area contributed by atoms with Crippen LogP contribution < -0.4 is 0 Å². The second-order valence-corrected chi connectivity index (χ2v) is 24.6. The molecule has 0 saturated heterocycles. The summed E-state index contributed by atoms with van der Waals surface area (Å²) >= 11 is 3.33. The van der Waals surface area contributed by atoms with Crippen LogP contribution in [0.3, 0.4) is 0 Å². The topological polar surface area (TPSA) is 81.2 Å². The van der Waals surface area contributed by atoms with E-state index >= 15 is 0 Å². The van der Waals surface area contributed by atoms with Crippen LogP contribution in [0.5, 0.6) is 0 Å². The summed E-state index contributed by atoms with van der Waals surface area (Å²) in [5, 5.41) is 0.784. The molecule has 0 spiro atoms. The zero-order valence-electron chi connectivity index (χ0n) is 24.8. The highest BCUT2D eigenvalue weighted by Crippen LogP contribution is 2.51. The lowest BCUT2D eigenvalue weighted by Crippen LogP contribution is -2.61. The minimum atomic E-state index is -3.13. The van der Waals surface area contributed by atoms with Crippen molar-refractivity contribution in [2.75, 3.05) is 54.2 Å². The van der Waals surface area contributed by atoms with E-state index in [2.05, 4.69) is 26.0 Å². The van der Waals surface area contributed by atoms with Crippen LogP contribution in [0.2, 0.25) is 0 Å². The summed E-state index contributed by atoms with van der Waals surface area (Å²) in [6.45, 7) is 4.28. The van der Waals surface area contributed by atoms with Crippen LogP contribution in [0, 0.1) is 0 Å². The molecule has 2 unspecified atom stereocenters. The zero-order valence-corrected chi connectivity index (χ0v) is 31.7. The van der Waals surface area contributed by atoms with Crippen molar-refractivity contribution in [1.29, 1.82) is 0 Å². The molecule has 16 heteroatoms. The third-order valence-corrected chi connectivity index (χ3v) is 24.4. The maximum atomic E-state index is 6.01. The van der Waals surface area contributed by atoms with Gasteiger partial charge < -0.3 is 26.6 Å². The molecule has 42 heavy (non-hydrogen) atoms. The molecule has 2 atom stereocenters. The van der Waals surface area contributed by atoms with Gasteiger partial charge in [0.2, 0.25) is 0 Å². The number of hydrogen-bond donors (Lipinski definition) is 0. The van der Waals surface area contributed by atoms with Crippen LogP contribution in [-0.4, -0.2) is 81.7 Å². The Morgan fingerprint density at radius 3 is 1.24 bits per heavy atom. The molecular formula is C26H36N2O6S6Si2. The van der Waals surface area contributed by atoms with Crippen molar-refractivity contribution < 1.29 is 26.6 Å². The SMILES string of the molecule is CO[Si](OC)(OC)C(C)(CSSSSCC(C)(c1nc2ccccc2s1)[Si](OC)(OC)OC)c1nc2ccccc2s1. The number of para-hydroxylation sites is 2. The monoisotopic (exact) mass is 720 g/mol. The lowest BCUT2D eigenvalue weighted by Gasteiger charge is -2.39. The maximum absolute atomic E-state index is 6.01. The molecule has 0 N–H and O–H groups in total. The molecule has 0 radical (unpaired) electrons. The molecule has 0 fully saturated rings. The van der Waals surface area contributed by atoms with Crippen LogP contribution in [0.15, 0.2) is 48.5 Å².